The number of amides is 2. The number of benzene rings is 1. The first-order valence-electron chi connectivity index (χ1n) is 7.50. The third-order valence-electron chi connectivity index (χ3n) is 3.61. The Hall–Kier alpha value is -2.57. The summed E-state index contributed by atoms with van der Waals surface area (Å²) in [4.78, 5) is 36.5. The topological polar surface area (TPSA) is 98.9 Å². The highest BCUT2D eigenvalue weighted by molar-refractivity contribution is 5.88. The number of rotatable bonds is 6. The fourth-order valence-electron chi connectivity index (χ4n) is 2.45. The summed E-state index contributed by atoms with van der Waals surface area (Å²) in [6.07, 6.45) is 2.20. The summed E-state index contributed by atoms with van der Waals surface area (Å²) in [7, 11) is 0. The van der Waals surface area contributed by atoms with Crippen LogP contribution in [0.3, 0.4) is 0 Å². The van der Waals surface area contributed by atoms with Gasteiger partial charge in [-0.25, -0.2) is 4.79 Å². The highest BCUT2D eigenvalue weighted by Crippen LogP contribution is 2.17. The first-order valence-corrected chi connectivity index (χ1v) is 7.50. The molecule has 1 aromatic rings. The summed E-state index contributed by atoms with van der Waals surface area (Å²) in [5.74, 6) is -1.05. The third-order valence-corrected chi connectivity index (χ3v) is 3.61. The highest BCUT2D eigenvalue weighted by atomic mass is 16.6. The minimum atomic E-state index is -0.644. The highest BCUT2D eigenvalue weighted by Gasteiger charge is 2.30. The smallest absolute Gasteiger partial charge is 0.344 e. The summed E-state index contributed by atoms with van der Waals surface area (Å²) < 4.78 is 10.1. The van der Waals surface area contributed by atoms with Crippen LogP contribution in [0.1, 0.15) is 19.3 Å². The molecule has 1 atom stereocenters. The van der Waals surface area contributed by atoms with E-state index in [1.807, 2.05) is 6.07 Å². The molecule has 2 N–H and O–H groups in total. The van der Waals surface area contributed by atoms with E-state index in [0.29, 0.717) is 18.7 Å². The van der Waals surface area contributed by atoms with Gasteiger partial charge in [0.15, 0.2) is 13.2 Å². The van der Waals surface area contributed by atoms with Crippen molar-refractivity contribution in [2.45, 2.75) is 25.3 Å². The van der Waals surface area contributed by atoms with E-state index < -0.39 is 30.4 Å². The lowest BCUT2D eigenvalue weighted by molar-refractivity contribution is -0.156. The largest absolute Gasteiger partial charge is 0.482 e. The van der Waals surface area contributed by atoms with E-state index >= 15 is 0 Å². The summed E-state index contributed by atoms with van der Waals surface area (Å²) in [6, 6.07) is 8.20. The van der Waals surface area contributed by atoms with Crippen molar-refractivity contribution in [3.8, 4) is 5.75 Å². The van der Waals surface area contributed by atoms with E-state index in [1.165, 1.54) is 4.90 Å². The molecule has 124 valence electrons. The molecule has 1 aliphatic heterocycles. The molecule has 0 bridgehead atoms. The number of para-hydroxylation sites is 1. The number of esters is 1. The van der Waals surface area contributed by atoms with Gasteiger partial charge >= 0.3 is 5.97 Å². The van der Waals surface area contributed by atoms with Gasteiger partial charge in [-0.2, -0.15) is 0 Å². The zero-order valence-corrected chi connectivity index (χ0v) is 12.8. The zero-order chi connectivity index (χ0) is 16.7. The number of likely N-dealkylation sites (tertiary alicyclic amines) is 1. The molecule has 0 spiro atoms. The lowest BCUT2D eigenvalue weighted by atomic mass is 10.0. The Morgan fingerprint density at radius 1 is 1.13 bits per heavy atom. The van der Waals surface area contributed by atoms with Crippen LogP contribution < -0.4 is 10.5 Å². The molecule has 1 fully saturated rings. The average Bonchev–Trinajstić information content (AvgIpc) is 2.58. The van der Waals surface area contributed by atoms with Gasteiger partial charge in [-0.1, -0.05) is 18.2 Å². The van der Waals surface area contributed by atoms with Gasteiger partial charge in [0.1, 0.15) is 11.8 Å². The Labute approximate surface area is 134 Å². The molecule has 7 heteroatoms. The second-order valence-electron chi connectivity index (χ2n) is 5.26. The summed E-state index contributed by atoms with van der Waals surface area (Å²) in [5.41, 5.74) is 5.30. The van der Waals surface area contributed by atoms with Gasteiger partial charge in [-0.05, 0) is 31.4 Å². The number of primary amides is 1. The monoisotopic (exact) mass is 320 g/mol. The van der Waals surface area contributed by atoms with Gasteiger partial charge in [-0.15, -0.1) is 0 Å². The van der Waals surface area contributed by atoms with Gasteiger partial charge < -0.3 is 20.1 Å². The molecule has 0 aromatic heterocycles. The van der Waals surface area contributed by atoms with Crippen LogP contribution in [0.2, 0.25) is 0 Å². The zero-order valence-electron chi connectivity index (χ0n) is 12.8. The van der Waals surface area contributed by atoms with Crippen LogP contribution in [0.5, 0.6) is 5.75 Å². The number of nitrogens with two attached hydrogens (primary N) is 1. The van der Waals surface area contributed by atoms with Crippen LogP contribution in [-0.2, 0) is 19.1 Å². The maximum absolute atomic E-state index is 12.1. The second-order valence-corrected chi connectivity index (χ2v) is 5.26. The van der Waals surface area contributed by atoms with Crippen LogP contribution in [0.15, 0.2) is 30.3 Å². The summed E-state index contributed by atoms with van der Waals surface area (Å²) >= 11 is 0. The van der Waals surface area contributed by atoms with E-state index in [1.54, 1.807) is 24.3 Å². The van der Waals surface area contributed by atoms with Gasteiger partial charge in [0.05, 0.1) is 0 Å². The Bertz CT molecular complexity index is 561. The van der Waals surface area contributed by atoms with Crippen LogP contribution in [-0.4, -0.2) is 48.5 Å². The molecule has 1 heterocycles. The molecule has 1 aliphatic rings. The molecule has 23 heavy (non-hydrogen) atoms. The van der Waals surface area contributed by atoms with E-state index in [2.05, 4.69) is 0 Å². The number of hydrogen-bond donors (Lipinski definition) is 1. The minimum absolute atomic E-state index is 0.281. The SMILES string of the molecule is NC(=O)C1CCCCN1C(=O)COC(=O)COc1ccccc1. The molecule has 1 unspecified atom stereocenters. The van der Waals surface area contributed by atoms with Crippen LogP contribution in [0.4, 0.5) is 0 Å². The Balaban J connectivity index is 1.76. The quantitative estimate of drug-likeness (QED) is 0.768. The lowest BCUT2D eigenvalue weighted by Crippen LogP contribution is -2.51. The second kappa shape index (κ2) is 8.17. The molecule has 2 amide bonds. The van der Waals surface area contributed by atoms with Crippen molar-refractivity contribution < 1.29 is 23.9 Å². The maximum Gasteiger partial charge on any atom is 0.344 e. The Kier molecular flexibility index (Phi) is 5.96. The molecule has 1 aromatic carbocycles. The fraction of sp³-hybridized carbons (Fsp3) is 0.438. The molecule has 2 rings (SSSR count). The van der Waals surface area contributed by atoms with E-state index in [9.17, 15) is 14.4 Å². The predicted octanol–water partition coefficient (Wildman–Crippen LogP) is 0.475. The standard InChI is InChI=1S/C16H20N2O5/c17-16(21)13-8-4-5-9-18(13)14(19)10-23-15(20)11-22-12-6-2-1-3-7-12/h1-3,6-7,13H,4-5,8-11H2,(H2,17,21). The van der Waals surface area contributed by atoms with Crippen molar-refractivity contribution in [2.24, 2.45) is 5.73 Å². The number of carbonyl (C=O) groups excluding carboxylic acids is 3. The number of hydrogen-bond acceptors (Lipinski definition) is 5. The van der Waals surface area contributed by atoms with Crippen molar-refractivity contribution in [3.05, 3.63) is 30.3 Å². The first kappa shape index (κ1) is 16.8. The minimum Gasteiger partial charge on any atom is -0.482 e. The molecule has 0 saturated carbocycles. The van der Waals surface area contributed by atoms with E-state index in [0.717, 1.165) is 12.8 Å². The maximum atomic E-state index is 12.1. The van der Waals surface area contributed by atoms with Crippen molar-refractivity contribution in [2.75, 3.05) is 19.8 Å². The Morgan fingerprint density at radius 3 is 2.57 bits per heavy atom. The fourth-order valence-corrected chi connectivity index (χ4v) is 2.45. The first-order chi connectivity index (χ1) is 11.1. The van der Waals surface area contributed by atoms with Crippen molar-refractivity contribution in [3.63, 3.8) is 0 Å². The van der Waals surface area contributed by atoms with E-state index in [4.69, 9.17) is 15.2 Å². The number of piperidine rings is 1. The molecule has 1 saturated heterocycles. The Morgan fingerprint density at radius 2 is 1.87 bits per heavy atom. The van der Waals surface area contributed by atoms with Crippen molar-refractivity contribution in [1.29, 1.82) is 0 Å². The van der Waals surface area contributed by atoms with Gasteiger partial charge in [-0.3, -0.25) is 9.59 Å². The summed E-state index contributed by atoms with van der Waals surface area (Å²) in [5, 5.41) is 0. The average molecular weight is 320 g/mol. The molecular weight excluding hydrogens is 300 g/mol. The normalized spacial score (nSPS) is 17.4. The molecule has 0 aliphatic carbocycles. The van der Waals surface area contributed by atoms with Crippen LogP contribution in [0.25, 0.3) is 0 Å². The van der Waals surface area contributed by atoms with Crippen LogP contribution >= 0.6 is 0 Å². The summed E-state index contributed by atoms with van der Waals surface area (Å²) in [6.45, 7) is -0.248. The molecule has 0 radical (unpaired) electrons. The predicted molar refractivity (Wildman–Crippen MR) is 81.4 cm³/mol. The number of carbonyl (C=O) groups is 3. The van der Waals surface area contributed by atoms with Crippen LogP contribution in [0, 0.1) is 0 Å². The molecule has 7 nitrogen and oxygen atoms in total. The van der Waals surface area contributed by atoms with E-state index in [-0.39, 0.29) is 6.61 Å². The number of nitrogens with zero attached hydrogens (tertiary/aromatic N) is 1. The van der Waals surface area contributed by atoms with Crippen molar-refractivity contribution >= 4 is 17.8 Å². The van der Waals surface area contributed by atoms with Gasteiger partial charge in [0.2, 0.25) is 5.91 Å². The van der Waals surface area contributed by atoms with Gasteiger partial charge in [0, 0.05) is 6.54 Å². The number of ether oxygens (including phenoxy) is 2. The third kappa shape index (κ3) is 4.98. The van der Waals surface area contributed by atoms with Crippen molar-refractivity contribution in [1.82, 2.24) is 4.90 Å². The van der Waals surface area contributed by atoms with Gasteiger partial charge in [0.25, 0.3) is 5.91 Å². The molecular formula is C16H20N2O5. The lowest BCUT2D eigenvalue weighted by Gasteiger charge is -2.33.